The van der Waals surface area contributed by atoms with Gasteiger partial charge in [0.2, 0.25) is 0 Å². The second-order valence-corrected chi connectivity index (χ2v) is 5.87. The first-order chi connectivity index (χ1) is 11.1. The van der Waals surface area contributed by atoms with E-state index in [2.05, 4.69) is 25.7 Å². The van der Waals surface area contributed by atoms with Crippen molar-refractivity contribution in [1.82, 2.24) is 25.1 Å². The Labute approximate surface area is 137 Å². The second kappa shape index (κ2) is 6.57. The second-order valence-electron chi connectivity index (χ2n) is 5.02. The summed E-state index contributed by atoms with van der Waals surface area (Å²) in [6, 6.07) is 3.49. The maximum absolute atomic E-state index is 12.0. The number of aryl methyl sites for hydroxylation is 2. The molecule has 8 heteroatoms. The first-order valence-electron chi connectivity index (χ1n) is 7.02. The molecule has 0 aliphatic carbocycles. The highest BCUT2D eigenvalue weighted by atomic mass is 32.1. The van der Waals surface area contributed by atoms with E-state index in [0.717, 1.165) is 22.5 Å². The lowest BCUT2D eigenvalue weighted by atomic mass is 10.1. The summed E-state index contributed by atoms with van der Waals surface area (Å²) < 4.78 is 1.72. The van der Waals surface area contributed by atoms with Crippen LogP contribution in [0.2, 0.25) is 0 Å². The molecule has 3 aromatic rings. The molecule has 0 radical (unpaired) electrons. The third-order valence-electron chi connectivity index (χ3n) is 3.15. The smallest absolute Gasteiger partial charge is 0.321 e. The van der Waals surface area contributed by atoms with Gasteiger partial charge in [-0.3, -0.25) is 15.0 Å². The van der Waals surface area contributed by atoms with Crippen molar-refractivity contribution in [3.05, 3.63) is 47.4 Å². The molecule has 0 bridgehead atoms. The molecule has 7 nitrogen and oxygen atoms in total. The summed E-state index contributed by atoms with van der Waals surface area (Å²) in [7, 11) is 1.85. The van der Waals surface area contributed by atoms with E-state index in [1.54, 1.807) is 17.1 Å². The maximum atomic E-state index is 12.0. The number of anilines is 1. The molecule has 0 atom stereocenters. The van der Waals surface area contributed by atoms with Crippen molar-refractivity contribution < 1.29 is 4.79 Å². The van der Waals surface area contributed by atoms with E-state index in [9.17, 15) is 4.79 Å². The Morgan fingerprint density at radius 1 is 1.43 bits per heavy atom. The van der Waals surface area contributed by atoms with E-state index in [1.165, 1.54) is 11.3 Å². The van der Waals surface area contributed by atoms with Crippen molar-refractivity contribution in [2.45, 2.75) is 13.5 Å². The molecule has 2 N–H and O–H groups in total. The minimum atomic E-state index is -0.291. The fraction of sp³-hybridized carbons (Fsp3) is 0.200. The molecular weight excluding hydrogens is 312 g/mol. The Kier molecular flexibility index (Phi) is 4.33. The van der Waals surface area contributed by atoms with E-state index in [-0.39, 0.29) is 6.03 Å². The van der Waals surface area contributed by atoms with Crippen LogP contribution in [0.25, 0.3) is 11.3 Å². The van der Waals surface area contributed by atoms with Gasteiger partial charge in [0.25, 0.3) is 0 Å². The minimum absolute atomic E-state index is 0.291. The zero-order valence-electron chi connectivity index (χ0n) is 12.8. The van der Waals surface area contributed by atoms with Crippen LogP contribution in [0.5, 0.6) is 0 Å². The molecule has 0 aliphatic rings. The van der Waals surface area contributed by atoms with Crippen LogP contribution in [-0.4, -0.2) is 25.8 Å². The minimum Gasteiger partial charge on any atom is -0.334 e. The summed E-state index contributed by atoms with van der Waals surface area (Å²) in [5.41, 5.74) is 3.54. The van der Waals surface area contributed by atoms with Gasteiger partial charge in [-0.05, 0) is 18.6 Å². The number of amides is 2. The Bertz CT molecular complexity index is 825. The molecule has 118 valence electrons. The molecule has 2 amide bonds. The van der Waals surface area contributed by atoms with Crippen molar-refractivity contribution in [3.8, 4) is 11.3 Å². The molecule has 0 fully saturated rings. The van der Waals surface area contributed by atoms with Crippen LogP contribution in [0.15, 0.2) is 36.1 Å². The number of hydrogen-bond donors (Lipinski definition) is 2. The fourth-order valence-corrected chi connectivity index (χ4v) is 2.80. The number of carbonyl (C=O) groups excluding carboxylic acids is 1. The molecular formula is C15H16N6OS. The predicted octanol–water partition coefficient (Wildman–Crippen LogP) is 2.57. The first-order valence-corrected chi connectivity index (χ1v) is 7.89. The summed E-state index contributed by atoms with van der Waals surface area (Å²) >= 11 is 1.40. The fourth-order valence-electron chi connectivity index (χ4n) is 2.11. The van der Waals surface area contributed by atoms with Crippen molar-refractivity contribution >= 4 is 22.5 Å². The molecule has 3 rings (SSSR count). The normalized spacial score (nSPS) is 10.5. The molecule has 0 aliphatic heterocycles. The number of thiazole rings is 1. The van der Waals surface area contributed by atoms with E-state index in [4.69, 9.17) is 0 Å². The monoisotopic (exact) mass is 328 g/mol. The third-order valence-corrected chi connectivity index (χ3v) is 4.02. The Hall–Kier alpha value is -2.74. The van der Waals surface area contributed by atoms with Crippen molar-refractivity contribution in [2.24, 2.45) is 7.05 Å². The number of aromatic nitrogens is 4. The summed E-state index contributed by atoms with van der Waals surface area (Å²) in [5, 5.41) is 12.2. The number of rotatable bonds is 4. The van der Waals surface area contributed by atoms with Crippen LogP contribution >= 0.6 is 11.3 Å². The van der Waals surface area contributed by atoms with E-state index in [0.29, 0.717) is 11.7 Å². The molecule has 0 aromatic carbocycles. The lowest BCUT2D eigenvalue weighted by Crippen LogP contribution is -2.28. The lowest BCUT2D eigenvalue weighted by Gasteiger charge is -2.08. The van der Waals surface area contributed by atoms with E-state index >= 15 is 0 Å². The van der Waals surface area contributed by atoms with Gasteiger partial charge in [-0.2, -0.15) is 5.10 Å². The van der Waals surface area contributed by atoms with Gasteiger partial charge < -0.3 is 5.32 Å². The quantitative estimate of drug-likeness (QED) is 0.771. The van der Waals surface area contributed by atoms with Gasteiger partial charge in [-0.15, -0.1) is 11.3 Å². The number of hydrogen-bond acceptors (Lipinski definition) is 5. The summed E-state index contributed by atoms with van der Waals surface area (Å²) in [4.78, 5) is 20.5. The Morgan fingerprint density at radius 3 is 3.00 bits per heavy atom. The van der Waals surface area contributed by atoms with Crippen LogP contribution < -0.4 is 10.6 Å². The highest BCUT2D eigenvalue weighted by Crippen LogP contribution is 2.20. The number of nitrogens with one attached hydrogen (secondary N) is 2. The van der Waals surface area contributed by atoms with E-state index in [1.807, 2.05) is 37.7 Å². The predicted molar refractivity (Wildman–Crippen MR) is 89.1 cm³/mol. The number of pyridine rings is 1. The van der Waals surface area contributed by atoms with Gasteiger partial charge in [-0.1, -0.05) is 6.07 Å². The van der Waals surface area contributed by atoms with Gasteiger partial charge >= 0.3 is 6.03 Å². The average Bonchev–Trinajstić information content (AvgIpc) is 3.14. The average molecular weight is 328 g/mol. The van der Waals surface area contributed by atoms with Crippen LogP contribution in [0.3, 0.4) is 0 Å². The van der Waals surface area contributed by atoms with Gasteiger partial charge in [0.05, 0.1) is 17.6 Å². The van der Waals surface area contributed by atoms with Crippen LogP contribution in [0.4, 0.5) is 9.93 Å². The van der Waals surface area contributed by atoms with Crippen molar-refractivity contribution in [1.29, 1.82) is 0 Å². The van der Waals surface area contributed by atoms with Gasteiger partial charge in [0.1, 0.15) is 0 Å². The Balaban J connectivity index is 1.67. The summed E-state index contributed by atoms with van der Waals surface area (Å²) in [6.07, 6.45) is 5.37. The highest BCUT2D eigenvalue weighted by molar-refractivity contribution is 7.13. The topological polar surface area (TPSA) is 84.7 Å². The third kappa shape index (κ3) is 3.72. The number of carbonyl (C=O) groups is 1. The van der Waals surface area contributed by atoms with Gasteiger partial charge in [0, 0.05) is 36.9 Å². The molecule has 3 heterocycles. The SMILES string of the molecule is Cc1csc(NC(=O)NCc2cccnc2-c2cnn(C)c2)n1. The lowest BCUT2D eigenvalue weighted by molar-refractivity contribution is 0.251. The maximum Gasteiger partial charge on any atom is 0.321 e. The zero-order valence-corrected chi connectivity index (χ0v) is 13.6. The largest absolute Gasteiger partial charge is 0.334 e. The number of urea groups is 1. The molecule has 0 saturated carbocycles. The van der Waals surface area contributed by atoms with E-state index < -0.39 is 0 Å². The molecule has 0 unspecified atom stereocenters. The summed E-state index contributed by atoms with van der Waals surface area (Å²) in [5.74, 6) is 0. The van der Waals surface area contributed by atoms with Crippen LogP contribution in [-0.2, 0) is 13.6 Å². The van der Waals surface area contributed by atoms with Gasteiger partial charge in [-0.25, -0.2) is 9.78 Å². The molecule has 0 saturated heterocycles. The van der Waals surface area contributed by atoms with Crippen LogP contribution in [0.1, 0.15) is 11.3 Å². The standard InChI is InChI=1S/C15H16N6OS/c1-10-9-23-15(19-10)20-14(22)17-6-11-4-3-5-16-13(11)12-7-18-21(2)8-12/h3-5,7-9H,6H2,1-2H3,(H2,17,19,20,22). The molecule has 23 heavy (non-hydrogen) atoms. The zero-order chi connectivity index (χ0) is 16.2. The van der Waals surface area contributed by atoms with Gasteiger partial charge in [0.15, 0.2) is 5.13 Å². The summed E-state index contributed by atoms with van der Waals surface area (Å²) in [6.45, 7) is 2.25. The highest BCUT2D eigenvalue weighted by Gasteiger charge is 2.10. The Morgan fingerprint density at radius 2 is 2.30 bits per heavy atom. The van der Waals surface area contributed by atoms with Crippen molar-refractivity contribution in [3.63, 3.8) is 0 Å². The number of nitrogens with zero attached hydrogens (tertiary/aromatic N) is 4. The van der Waals surface area contributed by atoms with Crippen molar-refractivity contribution in [2.75, 3.05) is 5.32 Å². The molecule has 3 aromatic heterocycles. The van der Waals surface area contributed by atoms with Crippen LogP contribution in [0, 0.1) is 6.92 Å². The first kappa shape index (κ1) is 15.2. The molecule has 0 spiro atoms.